The summed E-state index contributed by atoms with van der Waals surface area (Å²) in [5, 5.41) is 4.39. The Balaban J connectivity index is 1.51. The van der Waals surface area contributed by atoms with Crippen molar-refractivity contribution in [3.8, 4) is 0 Å². The molecule has 23 heavy (non-hydrogen) atoms. The average Bonchev–Trinajstić information content (AvgIpc) is 3.26. The zero-order valence-electron chi connectivity index (χ0n) is 14.5. The van der Waals surface area contributed by atoms with Gasteiger partial charge in [0, 0.05) is 55.2 Å². The van der Waals surface area contributed by atoms with Crippen LogP contribution in [0.5, 0.6) is 0 Å². The van der Waals surface area contributed by atoms with Crippen LogP contribution in [0.4, 0.5) is 0 Å². The lowest BCUT2D eigenvalue weighted by Crippen LogP contribution is -2.37. The van der Waals surface area contributed by atoms with E-state index in [0.717, 1.165) is 19.0 Å². The Morgan fingerprint density at radius 2 is 2.00 bits per heavy atom. The summed E-state index contributed by atoms with van der Waals surface area (Å²) in [7, 11) is 2.02. The number of hydrogen-bond acceptors (Lipinski definition) is 3. The van der Waals surface area contributed by atoms with Gasteiger partial charge in [0.15, 0.2) is 0 Å². The lowest BCUT2D eigenvalue weighted by Gasteiger charge is -2.34. The van der Waals surface area contributed by atoms with Crippen LogP contribution in [0.2, 0.25) is 0 Å². The molecular formula is C18H27N5. The molecule has 1 aliphatic heterocycles. The van der Waals surface area contributed by atoms with Crippen LogP contribution in [0.3, 0.4) is 0 Å². The second kappa shape index (κ2) is 5.78. The zero-order valence-corrected chi connectivity index (χ0v) is 14.5. The highest BCUT2D eigenvalue weighted by atomic mass is 15.3. The van der Waals surface area contributed by atoms with E-state index < -0.39 is 0 Å². The molecule has 0 amide bonds. The smallest absolute Gasteiger partial charge is 0.112 e. The van der Waals surface area contributed by atoms with Gasteiger partial charge in [-0.1, -0.05) is 0 Å². The normalized spacial score (nSPS) is 22.7. The Hall–Kier alpha value is -1.62. The summed E-state index contributed by atoms with van der Waals surface area (Å²) >= 11 is 0. The van der Waals surface area contributed by atoms with E-state index >= 15 is 0 Å². The van der Waals surface area contributed by atoms with E-state index in [1.807, 2.05) is 17.9 Å². The summed E-state index contributed by atoms with van der Waals surface area (Å²) in [6.45, 7) is 7.71. The van der Waals surface area contributed by atoms with Crippen LogP contribution in [-0.2, 0) is 13.6 Å². The van der Waals surface area contributed by atoms with Gasteiger partial charge in [-0.2, -0.15) is 5.10 Å². The van der Waals surface area contributed by atoms with Crippen molar-refractivity contribution in [2.75, 3.05) is 13.1 Å². The number of aromatic nitrogens is 4. The van der Waals surface area contributed by atoms with E-state index in [1.165, 1.54) is 55.0 Å². The summed E-state index contributed by atoms with van der Waals surface area (Å²) in [6, 6.07) is 0.582. The summed E-state index contributed by atoms with van der Waals surface area (Å²) < 4.78 is 4.52. The van der Waals surface area contributed by atoms with Crippen molar-refractivity contribution in [3.63, 3.8) is 0 Å². The van der Waals surface area contributed by atoms with Gasteiger partial charge in [-0.3, -0.25) is 9.58 Å². The molecule has 1 unspecified atom stereocenters. The highest BCUT2D eigenvalue weighted by Gasteiger charge is 2.32. The highest BCUT2D eigenvalue weighted by Crippen LogP contribution is 2.41. The quantitative estimate of drug-likeness (QED) is 0.871. The van der Waals surface area contributed by atoms with Gasteiger partial charge < -0.3 is 4.57 Å². The molecule has 0 spiro atoms. The molecule has 2 aromatic heterocycles. The first-order chi connectivity index (χ1) is 11.1. The van der Waals surface area contributed by atoms with Crippen molar-refractivity contribution in [1.29, 1.82) is 0 Å². The summed E-state index contributed by atoms with van der Waals surface area (Å²) in [5.74, 6) is 2.06. The highest BCUT2D eigenvalue weighted by molar-refractivity contribution is 5.17. The van der Waals surface area contributed by atoms with Crippen molar-refractivity contribution < 1.29 is 0 Å². The number of likely N-dealkylation sites (tertiary alicyclic amines) is 1. The molecule has 1 atom stereocenters. The number of nitrogens with zero attached hydrogens (tertiary/aromatic N) is 5. The molecule has 0 radical (unpaired) electrons. The molecule has 1 aliphatic carbocycles. The topological polar surface area (TPSA) is 38.9 Å². The van der Waals surface area contributed by atoms with E-state index in [2.05, 4.69) is 34.6 Å². The van der Waals surface area contributed by atoms with Crippen molar-refractivity contribution in [2.45, 2.75) is 58.0 Å². The molecule has 2 aromatic rings. The van der Waals surface area contributed by atoms with Gasteiger partial charge in [0.2, 0.25) is 0 Å². The Kier molecular flexibility index (Phi) is 3.76. The van der Waals surface area contributed by atoms with Gasteiger partial charge in [0.25, 0.3) is 0 Å². The summed E-state index contributed by atoms with van der Waals surface area (Å²) in [4.78, 5) is 7.30. The summed E-state index contributed by atoms with van der Waals surface area (Å²) in [5.41, 5.74) is 3.97. The Bertz CT molecular complexity index is 694. The fraction of sp³-hybridized carbons (Fsp3) is 0.667. The molecule has 5 heteroatoms. The van der Waals surface area contributed by atoms with Gasteiger partial charge in [0.1, 0.15) is 5.82 Å². The van der Waals surface area contributed by atoms with Crippen molar-refractivity contribution in [3.05, 3.63) is 35.2 Å². The summed E-state index contributed by atoms with van der Waals surface area (Å²) in [6.07, 6.45) is 9.28. The van der Waals surface area contributed by atoms with Crippen LogP contribution >= 0.6 is 0 Å². The van der Waals surface area contributed by atoms with E-state index in [1.54, 1.807) is 0 Å². The molecule has 1 saturated carbocycles. The van der Waals surface area contributed by atoms with E-state index in [4.69, 9.17) is 4.98 Å². The third-order valence-electron chi connectivity index (χ3n) is 5.53. The van der Waals surface area contributed by atoms with Crippen LogP contribution in [0.15, 0.2) is 12.4 Å². The molecule has 124 valence electrons. The molecule has 0 bridgehead atoms. The van der Waals surface area contributed by atoms with Crippen LogP contribution in [0.25, 0.3) is 0 Å². The second-order valence-electron chi connectivity index (χ2n) is 7.31. The molecule has 2 aliphatic rings. The van der Waals surface area contributed by atoms with Crippen LogP contribution in [0, 0.1) is 13.8 Å². The second-order valence-corrected chi connectivity index (χ2v) is 7.31. The number of aryl methyl sites for hydroxylation is 2. The number of piperidine rings is 1. The maximum atomic E-state index is 4.71. The van der Waals surface area contributed by atoms with Gasteiger partial charge in [-0.05, 0) is 46.1 Å². The predicted molar refractivity (Wildman–Crippen MR) is 90.4 cm³/mol. The number of hydrogen-bond donors (Lipinski definition) is 0. The van der Waals surface area contributed by atoms with E-state index in [0.29, 0.717) is 6.04 Å². The van der Waals surface area contributed by atoms with Crippen LogP contribution in [-0.4, -0.2) is 37.3 Å². The first-order valence-corrected chi connectivity index (χ1v) is 8.87. The fourth-order valence-corrected chi connectivity index (χ4v) is 3.91. The third-order valence-corrected chi connectivity index (χ3v) is 5.53. The molecule has 0 aromatic carbocycles. The van der Waals surface area contributed by atoms with Crippen LogP contribution in [0.1, 0.15) is 60.4 Å². The SMILES string of the molecule is Cc1c(CN2CCCC(n3c(C)cnc3C3CC3)C2)cnn1C. The largest absolute Gasteiger partial charge is 0.328 e. The minimum absolute atomic E-state index is 0.582. The number of rotatable bonds is 4. The predicted octanol–water partition coefficient (Wildman–Crippen LogP) is 2.95. The van der Waals surface area contributed by atoms with Gasteiger partial charge in [-0.25, -0.2) is 4.98 Å². The van der Waals surface area contributed by atoms with Crippen molar-refractivity contribution in [2.24, 2.45) is 7.05 Å². The zero-order chi connectivity index (χ0) is 16.0. The minimum atomic E-state index is 0.582. The average molecular weight is 313 g/mol. The minimum Gasteiger partial charge on any atom is -0.328 e. The molecule has 0 N–H and O–H groups in total. The lowest BCUT2D eigenvalue weighted by atomic mass is 10.0. The van der Waals surface area contributed by atoms with E-state index in [-0.39, 0.29) is 0 Å². The molecule has 3 heterocycles. The molecular weight excluding hydrogens is 286 g/mol. The third kappa shape index (κ3) is 2.82. The molecule has 4 rings (SSSR count). The van der Waals surface area contributed by atoms with Gasteiger partial charge in [-0.15, -0.1) is 0 Å². The van der Waals surface area contributed by atoms with Crippen LogP contribution < -0.4 is 0 Å². The lowest BCUT2D eigenvalue weighted by molar-refractivity contribution is 0.167. The first kappa shape index (κ1) is 14.9. The Morgan fingerprint density at radius 3 is 2.70 bits per heavy atom. The standard InChI is InChI=1S/C18H27N5/c1-13-9-19-18(15-6-7-15)23(13)17-5-4-8-22(12-17)11-16-10-20-21(3)14(16)2/h9-10,15,17H,4-8,11-12H2,1-3H3. The molecule has 1 saturated heterocycles. The van der Waals surface area contributed by atoms with Crippen molar-refractivity contribution >= 4 is 0 Å². The first-order valence-electron chi connectivity index (χ1n) is 8.87. The Labute approximate surface area is 138 Å². The van der Waals surface area contributed by atoms with Crippen molar-refractivity contribution in [1.82, 2.24) is 24.2 Å². The molecule has 5 nitrogen and oxygen atoms in total. The monoisotopic (exact) mass is 313 g/mol. The maximum Gasteiger partial charge on any atom is 0.112 e. The van der Waals surface area contributed by atoms with Gasteiger partial charge in [0.05, 0.1) is 6.20 Å². The maximum absolute atomic E-state index is 4.71. The van der Waals surface area contributed by atoms with Gasteiger partial charge >= 0.3 is 0 Å². The Morgan fingerprint density at radius 1 is 1.17 bits per heavy atom. The fourth-order valence-electron chi connectivity index (χ4n) is 3.91. The number of imidazole rings is 1. The molecule has 2 fully saturated rings. The van der Waals surface area contributed by atoms with E-state index in [9.17, 15) is 0 Å².